The Labute approximate surface area is 151 Å². The Morgan fingerprint density at radius 3 is 2.52 bits per heavy atom. The van der Waals surface area contributed by atoms with Gasteiger partial charge in [-0.15, -0.1) is 0 Å². The molecule has 1 heterocycles. The van der Waals surface area contributed by atoms with Crippen LogP contribution in [0, 0.1) is 31.6 Å². The summed E-state index contributed by atoms with van der Waals surface area (Å²) in [4.78, 5) is 12.7. The predicted molar refractivity (Wildman–Crippen MR) is 100 cm³/mol. The predicted octanol–water partition coefficient (Wildman–Crippen LogP) is 2.72. The van der Waals surface area contributed by atoms with Crippen molar-refractivity contribution in [3.8, 4) is 0 Å². The van der Waals surface area contributed by atoms with Crippen LogP contribution in [0.1, 0.15) is 62.9 Å². The van der Waals surface area contributed by atoms with Crippen molar-refractivity contribution in [2.24, 2.45) is 23.5 Å². The van der Waals surface area contributed by atoms with Gasteiger partial charge >= 0.3 is 0 Å². The van der Waals surface area contributed by atoms with Crippen LogP contribution in [-0.4, -0.2) is 27.8 Å². The highest BCUT2D eigenvalue weighted by Gasteiger charge is 2.39. The highest BCUT2D eigenvalue weighted by molar-refractivity contribution is 5.79. The minimum Gasteiger partial charge on any atom is -0.353 e. The largest absolute Gasteiger partial charge is 0.353 e. The molecule has 2 aliphatic rings. The summed E-state index contributed by atoms with van der Waals surface area (Å²) in [7, 11) is 0. The molecule has 5 nitrogen and oxygen atoms in total. The van der Waals surface area contributed by atoms with Crippen molar-refractivity contribution in [2.45, 2.75) is 84.8 Å². The summed E-state index contributed by atoms with van der Waals surface area (Å²) in [6, 6.07) is 0.648. The molecular weight excluding hydrogens is 312 g/mol. The maximum absolute atomic E-state index is 12.7. The molecule has 25 heavy (non-hydrogen) atoms. The number of fused-ring (bicyclic) bond motifs is 2. The number of hydrogen-bond donors (Lipinski definition) is 2. The van der Waals surface area contributed by atoms with Gasteiger partial charge in [0.05, 0.1) is 12.1 Å². The zero-order chi connectivity index (χ0) is 18.1. The minimum absolute atomic E-state index is 0.146. The Hall–Kier alpha value is -1.36. The highest BCUT2D eigenvalue weighted by atomic mass is 16.1. The lowest BCUT2D eigenvalue weighted by Crippen LogP contribution is -2.54. The van der Waals surface area contributed by atoms with Gasteiger partial charge in [0.25, 0.3) is 0 Å². The molecule has 1 aromatic rings. The third-order valence-electron chi connectivity index (χ3n) is 6.11. The number of hydrogen-bond acceptors (Lipinski definition) is 3. The molecular formula is C20H34N4O. The lowest BCUT2D eigenvalue weighted by Gasteiger charge is -2.45. The number of rotatable bonds is 5. The molecule has 3 N–H and O–H groups in total. The van der Waals surface area contributed by atoms with Crippen LogP contribution >= 0.6 is 0 Å². The van der Waals surface area contributed by atoms with Gasteiger partial charge in [-0.05, 0) is 57.3 Å². The smallest absolute Gasteiger partial charge is 0.224 e. The van der Waals surface area contributed by atoms with Crippen LogP contribution in [0.3, 0.4) is 0 Å². The van der Waals surface area contributed by atoms with E-state index in [9.17, 15) is 4.79 Å². The number of amides is 1. The van der Waals surface area contributed by atoms with E-state index in [0.29, 0.717) is 36.3 Å². The number of nitrogens with one attached hydrogen (secondary N) is 1. The summed E-state index contributed by atoms with van der Waals surface area (Å²) >= 11 is 0. The average molecular weight is 347 g/mol. The van der Waals surface area contributed by atoms with Crippen LogP contribution in [0.2, 0.25) is 0 Å². The molecule has 2 bridgehead atoms. The normalized spacial score (nSPS) is 29.0. The van der Waals surface area contributed by atoms with E-state index in [1.807, 2.05) is 6.92 Å². The average Bonchev–Trinajstić information content (AvgIpc) is 2.75. The summed E-state index contributed by atoms with van der Waals surface area (Å²) in [6.07, 6.45) is 6.27. The molecule has 0 aromatic carbocycles. The molecule has 0 aliphatic heterocycles. The Morgan fingerprint density at radius 2 is 1.92 bits per heavy atom. The number of carbonyl (C=O) groups is 1. The van der Waals surface area contributed by atoms with Crippen LogP contribution in [0.15, 0.2) is 0 Å². The van der Waals surface area contributed by atoms with E-state index in [1.54, 1.807) is 0 Å². The quantitative estimate of drug-likeness (QED) is 0.861. The lowest BCUT2D eigenvalue weighted by atomic mass is 9.67. The molecule has 1 aromatic heterocycles. The zero-order valence-electron chi connectivity index (χ0n) is 16.2. The van der Waals surface area contributed by atoms with E-state index >= 15 is 0 Å². The van der Waals surface area contributed by atoms with Crippen LogP contribution in [0.4, 0.5) is 0 Å². The van der Waals surface area contributed by atoms with Gasteiger partial charge in [0.2, 0.25) is 5.91 Å². The number of nitrogens with zero attached hydrogens (tertiary/aromatic N) is 2. The molecule has 2 aliphatic carbocycles. The van der Waals surface area contributed by atoms with E-state index < -0.39 is 0 Å². The fourth-order valence-electron chi connectivity index (χ4n) is 4.94. The van der Waals surface area contributed by atoms with Crippen LogP contribution in [0.5, 0.6) is 0 Å². The first kappa shape index (κ1) is 18.4. The van der Waals surface area contributed by atoms with Gasteiger partial charge in [-0.25, -0.2) is 0 Å². The maximum Gasteiger partial charge on any atom is 0.224 e. The van der Waals surface area contributed by atoms with Crippen molar-refractivity contribution in [1.82, 2.24) is 15.1 Å². The molecule has 5 heteroatoms. The van der Waals surface area contributed by atoms with E-state index in [2.05, 4.69) is 35.9 Å². The summed E-state index contributed by atoms with van der Waals surface area (Å²) in [5.74, 6) is 1.83. The third kappa shape index (κ3) is 4.08. The Bertz CT molecular complexity index is 607. The Balaban J connectivity index is 1.66. The number of nitrogens with two attached hydrogens (primary N) is 1. The number of aryl methyl sites for hydroxylation is 1. The monoisotopic (exact) mass is 346 g/mol. The van der Waals surface area contributed by atoms with Crippen molar-refractivity contribution >= 4 is 5.91 Å². The van der Waals surface area contributed by atoms with Crippen molar-refractivity contribution in [3.05, 3.63) is 17.0 Å². The van der Waals surface area contributed by atoms with Crippen LogP contribution in [-0.2, 0) is 17.8 Å². The van der Waals surface area contributed by atoms with E-state index in [-0.39, 0.29) is 5.91 Å². The molecule has 2 fully saturated rings. The SMILES string of the molecule is Cc1nn(CC(C)C)c(C)c1CC(=O)NC1C2CCCC1CC(N)C2. The molecule has 2 atom stereocenters. The number of carbonyl (C=O) groups excluding carboxylic acids is 1. The van der Waals surface area contributed by atoms with Crippen molar-refractivity contribution in [1.29, 1.82) is 0 Å². The second kappa shape index (κ2) is 7.48. The van der Waals surface area contributed by atoms with Gasteiger partial charge < -0.3 is 11.1 Å². The van der Waals surface area contributed by atoms with Crippen molar-refractivity contribution in [2.75, 3.05) is 0 Å². The summed E-state index contributed by atoms with van der Waals surface area (Å²) in [6.45, 7) is 9.38. The Morgan fingerprint density at radius 1 is 1.28 bits per heavy atom. The zero-order valence-corrected chi connectivity index (χ0v) is 16.2. The Kier molecular flexibility index (Phi) is 5.52. The molecule has 3 rings (SSSR count). The molecule has 0 spiro atoms. The fourth-order valence-corrected chi connectivity index (χ4v) is 4.94. The van der Waals surface area contributed by atoms with Crippen LogP contribution < -0.4 is 11.1 Å². The summed E-state index contributed by atoms with van der Waals surface area (Å²) in [5.41, 5.74) is 9.41. The first-order valence-corrected chi connectivity index (χ1v) is 9.93. The molecule has 2 saturated carbocycles. The van der Waals surface area contributed by atoms with Gasteiger partial charge in [0.15, 0.2) is 0 Å². The third-order valence-corrected chi connectivity index (χ3v) is 6.11. The molecule has 0 radical (unpaired) electrons. The molecule has 0 saturated heterocycles. The topological polar surface area (TPSA) is 72.9 Å². The molecule has 1 amide bonds. The first-order chi connectivity index (χ1) is 11.8. The fraction of sp³-hybridized carbons (Fsp3) is 0.800. The second-order valence-corrected chi connectivity index (χ2v) is 8.68. The van der Waals surface area contributed by atoms with Crippen molar-refractivity contribution in [3.63, 3.8) is 0 Å². The molecule has 140 valence electrons. The first-order valence-electron chi connectivity index (χ1n) is 9.93. The highest BCUT2D eigenvalue weighted by Crippen LogP contribution is 2.39. The minimum atomic E-state index is 0.146. The van der Waals surface area contributed by atoms with Gasteiger partial charge in [0, 0.05) is 29.9 Å². The van der Waals surface area contributed by atoms with Gasteiger partial charge in [-0.1, -0.05) is 20.3 Å². The maximum atomic E-state index is 12.7. The van der Waals surface area contributed by atoms with Crippen LogP contribution in [0.25, 0.3) is 0 Å². The van der Waals surface area contributed by atoms with E-state index in [0.717, 1.165) is 36.3 Å². The second-order valence-electron chi connectivity index (χ2n) is 8.68. The number of aromatic nitrogens is 2. The van der Waals surface area contributed by atoms with Gasteiger partial charge in [-0.3, -0.25) is 9.48 Å². The van der Waals surface area contributed by atoms with E-state index in [4.69, 9.17) is 5.73 Å². The summed E-state index contributed by atoms with van der Waals surface area (Å²) < 4.78 is 2.05. The van der Waals surface area contributed by atoms with Crippen molar-refractivity contribution < 1.29 is 4.79 Å². The standard InChI is InChI=1S/C20H34N4O/c1-12(2)11-24-14(4)18(13(3)23-24)10-19(25)22-20-15-6-5-7-16(20)9-17(21)8-15/h12,15-17,20H,5-11,21H2,1-4H3,(H,22,25). The van der Waals surface area contributed by atoms with Gasteiger partial charge in [-0.2, -0.15) is 5.10 Å². The molecule has 2 unspecified atom stereocenters. The van der Waals surface area contributed by atoms with E-state index in [1.165, 1.54) is 19.3 Å². The summed E-state index contributed by atoms with van der Waals surface area (Å²) in [5, 5.41) is 8.00. The lowest BCUT2D eigenvalue weighted by molar-refractivity contribution is -0.122. The van der Waals surface area contributed by atoms with Gasteiger partial charge in [0.1, 0.15) is 0 Å².